The Balaban J connectivity index is 1.70. The zero-order valence-electron chi connectivity index (χ0n) is 20.8. The summed E-state index contributed by atoms with van der Waals surface area (Å²) in [4.78, 5) is 30.0. The molecule has 0 bridgehead atoms. The number of ether oxygens (including phenoxy) is 3. The summed E-state index contributed by atoms with van der Waals surface area (Å²) in [7, 11) is 7.79. The molecular weight excluding hydrogens is 464 g/mol. The van der Waals surface area contributed by atoms with Gasteiger partial charge in [-0.2, -0.15) is 10.1 Å². The molecule has 0 saturated heterocycles. The fourth-order valence-corrected chi connectivity index (χ4v) is 3.88. The van der Waals surface area contributed by atoms with Crippen LogP contribution in [-0.4, -0.2) is 46.2 Å². The Hall–Kier alpha value is -4.54. The summed E-state index contributed by atoms with van der Waals surface area (Å²) >= 11 is 0. The van der Waals surface area contributed by atoms with Gasteiger partial charge in [0, 0.05) is 20.6 Å². The zero-order chi connectivity index (χ0) is 25.8. The number of methoxy groups -OCH3 is 3. The van der Waals surface area contributed by atoms with Crippen molar-refractivity contribution in [3.63, 3.8) is 0 Å². The Morgan fingerprint density at radius 1 is 0.944 bits per heavy atom. The van der Waals surface area contributed by atoms with Crippen LogP contribution in [0.5, 0.6) is 17.2 Å². The summed E-state index contributed by atoms with van der Waals surface area (Å²) in [6.45, 7) is 0.435. The van der Waals surface area contributed by atoms with Gasteiger partial charge in [-0.05, 0) is 47.9 Å². The summed E-state index contributed by atoms with van der Waals surface area (Å²) in [5.41, 5.74) is 4.47. The molecule has 188 valence electrons. The van der Waals surface area contributed by atoms with Crippen molar-refractivity contribution in [2.24, 2.45) is 19.2 Å². The minimum Gasteiger partial charge on any atom is -0.497 e. The number of aromatic nitrogens is 4. The molecule has 1 N–H and O–H groups in total. The van der Waals surface area contributed by atoms with Crippen LogP contribution in [0, 0.1) is 0 Å². The number of aryl methyl sites for hydroxylation is 3. The lowest BCUT2D eigenvalue weighted by Gasteiger charge is -2.10. The van der Waals surface area contributed by atoms with E-state index in [1.807, 2.05) is 30.3 Å². The number of benzene rings is 2. The van der Waals surface area contributed by atoms with Crippen molar-refractivity contribution in [2.75, 3.05) is 26.8 Å². The van der Waals surface area contributed by atoms with E-state index in [1.165, 1.54) is 11.6 Å². The van der Waals surface area contributed by atoms with Gasteiger partial charge < -0.3 is 18.8 Å². The molecule has 36 heavy (non-hydrogen) atoms. The van der Waals surface area contributed by atoms with Crippen molar-refractivity contribution in [3.8, 4) is 17.2 Å². The highest BCUT2D eigenvalue weighted by Crippen LogP contribution is 2.27. The topological polar surface area (TPSA) is 114 Å². The number of nitrogens with zero attached hydrogens (tertiary/aromatic N) is 5. The van der Waals surface area contributed by atoms with Crippen LogP contribution in [0.3, 0.4) is 0 Å². The molecule has 2 heterocycles. The number of rotatable bonds is 9. The smallest absolute Gasteiger partial charge is 0.332 e. The molecule has 0 aliphatic rings. The Labute approximate surface area is 207 Å². The summed E-state index contributed by atoms with van der Waals surface area (Å²) in [5.74, 6) is 2.29. The molecule has 0 saturated carbocycles. The van der Waals surface area contributed by atoms with Gasteiger partial charge in [0.2, 0.25) is 5.95 Å². The molecule has 0 fully saturated rings. The lowest BCUT2D eigenvalue weighted by molar-refractivity contribution is 0.355. The van der Waals surface area contributed by atoms with Gasteiger partial charge in [-0.1, -0.05) is 12.1 Å². The van der Waals surface area contributed by atoms with Crippen LogP contribution in [0.1, 0.15) is 11.1 Å². The van der Waals surface area contributed by atoms with E-state index < -0.39 is 11.2 Å². The molecule has 0 aliphatic heterocycles. The van der Waals surface area contributed by atoms with Crippen LogP contribution in [0.25, 0.3) is 11.2 Å². The molecule has 11 nitrogen and oxygen atoms in total. The maximum absolute atomic E-state index is 13.0. The highest BCUT2D eigenvalue weighted by atomic mass is 16.5. The van der Waals surface area contributed by atoms with Crippen molar-refractivity contribution < 1.29 is 14.2 Å². The molecule has 0 spiro atoms. The number of fused-ring (bicyclic) bond motifs is 1. The highest BCUT2D eigenvalue weighted by Gasteiger charge is 2.19. The molecule has 2 aromatic heterocycles. The normalized spacial score (nSPS) is 11.2. The van der Waals surface area contributed by atoms with Crippen molar-refractivity contribution in [1.82, 2.24) is 18.7 Å². The lowest BCUT2D eigenvalue weighted by Crippen LogP contribution is -2.37. The fourth-order valence-electron chi connectivity index (χ4n) is 3.88. The SMILES string of the molecule is COc1ccc(CCn2c(N/N=C/c3ccc(OC)c(OC)c3)nc3c2c(=O)n(C)c(=O)n3C)cc1. The number of anilines is 1. The Morgan fingerprint density at radius 2 is 1.67 bits per heavy atom. The predicted molar refractivity (Wildman–Crippen MR) is 138 cm³/mol. The number of imidazole rings is 1. The van der Waals surface area contributed by atoms with E-state index in [4.69, 9.17) is 14.2 Å². The van der Waals surface area contributed by atoms with E-state index in [2.05, 4.69) is 15.5 Å². The van der Waals surface area contributed by atoms with Crippen molar-refractivity contribution in [1.29, 1.82) is 0 Å². The van der Waals surface area contributed by atoms with Gasteiger partial charge in [0.25, 0.3) is 5.56 Å². The minimum atomic E-state index is -0.451. The van der Waals surface area contributed by atoms with Gasteiger partial charge in [-0.15, -0.1) is 0 Å². The van der Waals surface area contributed by atoms with Gasteiger partial charge in [-0.3, -0.25) is 13.9 Å². The van der Waals surface area contributed by atoms with E-state index in [1.54, 1.807) is 51.3 Å². The van der Waals surface area contributed by atoms with Gasteiger partial charge in [-0.25, -0.2) is 10.2 Å². The van der Waals surface area contributed by atoms with Gasteiger partial charge in [0.15, 0.2) is 22.7 Å². The third-order valence-electron chi connectivity index (χ3n) is 5.92. The van der Waals surface area contributed by atoms with Crippen LogP contribution in [-0.2, 0) is 27.1 Å². The van der Waals surface area contributed by atoms with E-state index in [0.717, 1.165) is 21.4 Å². The number of hydrazone groups is 1. The van der Waals surface area contributed by atoms with Crippen molar-refractivity contribution >= 4 is 23.3 Å². The van der Waals surface area contributed by atoms with Crippen molar-refractivity contribution in [3.05, 3.63) is 74.4 Å². The second-order valence-electron chi connectivity index (χ2n) is 8.05. The maximum atomic E-state index is 13.0. The van der Waals surface area contributed by atoms with Gasteiger partial charge >= 0.3 is 5.69 Å². The first-order valence-electron chi connectivity index (χ1n) is 11.2. The molecule has 0 unspecified atom stereocenters. The fraction of sp³-hybridized carbons (Fsp3) is 0.280. The van der Waals surface area contributed by atoms with Crippen LogP contribution >= 0.6 is 0 Å². The second-order valence-corrected chi connectivity index (χ2v) is 8.05. The molecule has 4 aromatic rings. The van der Waals surface area contributed by atoms with Crippen LogP contribution in [0.2, 0.25) is 0 Å². The average Bonchev–Trinajstić information content (AvgIpc) is 3.28. The minimum absolute atomic E-state index is 0.279. The molecule has 2 aromatic carbocycles. The van der Waals surface area contributed by atoms with Crippen LogP contribution < -0.4 is 30.9 Å². The summed E-state index contributed by atoms with van der Waals surface area (Å²) in [6, 6.07) is 13.1. The Morgan fingerprint density at radius 3 is 2.33 bits per heavy atom. The first kappa shape index (κ1) is 24.6. The molecule has 0 radical (unpaired) electrons. The Bertz CT molecular complexity index is 1530. The maximum Gasteiger partial charge on any atom is 0.332 e. The first-order valence-corrected chi connectivity index (χ1v) is 11.2. The van der Waals surface area contributed by atoms with Crippen LogP contribution in [0.15, 0.2) is 57.2 Å². The quantitative estimate of drug-likeness (QED) is 0.281. The predicted octanol–water partition coefficient (Wildman–Crippen LogP) is 2.15. The van der Waals surface area contributed by atoms with E-state index >= 15 is 0 Å². The first-order chi connectivity index (χ1) is 17.4. The molecular formula is C25H28N6O5. The number of hydrogen-bond acceptors (Lipinski definition) is 8. The molecule has 0 amide bonds. The molecule has 4 rings (SSSR count). The lowest BCUT2D eigenvalue weighted by atomic mass is 10.1. The van der Waals surface area contributed by atoms with E-state index in [-0.39, 0.29) is 5.65 Å². The summed E-state index contributed by atoms with van der Waals surface area (Å²) in [5, 5.41) is 4.31. The Kier molecular flexibility index (Phi) is 7.09. The molecule has 0 aliphatic carbocycles. The van der Waals surface area contributed by atoms with Gasteiger partial charge in [0.1, 0.15) is 5.75 Å². The zero-order valence-corrected chi connectivity index (χ0v) is 20.8. The number of hydrogen-bond donors (Lipinski definition) is 1. The third-order valence-corrected chi connectivity index (χ3v) is 5.92. The standard InChI is InChI=1S/C25H28N6O5/c1-29-22-21(23(32)30(2)25(29)33)31(13-12-16-6-9-18(34-3)10-7-16)24(27-22)28-26-15-17-8-11-19(35-4)20(14-17)36-5/h6-11,14-15H,12-13H2,1-5H3,(H,27,28)/b26-15+. The monoisotopic (exact) mass is 492 g/mol. The third kappa shape index (κ3) is 4.67. The van der Waals surface area contributed by atoms with E-state index in [0.29, 0.717) is 35.9 Å². The summed E-state index contributed by atoms with van der Waals surface area (Å²) in [6.07, 6.45) is 2.22. The molecule has 0 atom stereocenters. The second kappa shape index (κ2) is 10.4. The largest absolute Gasteiger partial charge is 0.497 e. The van der Waals surface area contributed by atoms with Crippen molar-refractivity contribution in [2.45, 2.75) is 13.0 Å². The highest BCUT2D eigenvalue weighted by molar-refractivity contribution is 5.82. The van der Waals surface area contributed by atoms with Crippen LogP contribution in [0.4, 0.5) is 5.95 Å². The molecule has 11 heteroatoms. The average molecular weight is 493 g/mol. The van der Waals surface area contributed by atoms with Gasteiger partial charge in [0.05, 0.1) is 27.5 Å². The number of nitrogens with one attached hydrogen (secondary N) is 1. The van der Waals surface area contributed by atoms with E-state index in [9.17, 15) is 9.59 Å². The summed E-state index contributed by atoms with van der Waals surface area (Å²) < 4.78 is 20.0.